The number of allylic oxidation sites excluding steroid dienone is 11. The van der Waals surface area contributed by atoms with Gasteiger partial charge in [-0.2, -0.15) is 5.26 Å². The van der Waals surface area contributed by atoms with Crippen LogP contribution in [-0.2, 0) is 4.74 Å². The Morgan fingerprint density at radius 1 is 1.21 bits per heavy atom. The van der Waals surface area contributed by atoms with Crippen molar-refractivity contribution in [2.24, 2.45) is 0 Å². The molecule has 6 nitrogen and oxygen atoms in total. The Labute approximate surface area is 231 Å². The maximum absolute atomic E-state index is 9.05. The molecule has 7 heteroatoms. The number of methoxy groups -OCH3 is 1. The third-order valence-electron chi connectivity index (χ3n) is 6.82. The number of piperazine rings is 1. The number of nitrogens with one attached hydrogen (secondary N) is 1. The van der Waals surface area contributed by atoms with Crippen molar-refractivity contribution in [2.75, 3.05) is 31.4 Å². The standard InChI is InChI=1S/C31H37N5OS/c1-9-25(12-10-20(2)16-32)27-14-11-21(3)29(30(27)33)31(37-7)24(6)26-13-15-28(34-17-26)35-18-22(4)36(38-8)23(5)19-35/h9-15,17,22-23,33H,2,6,18-19H2,1,3-5,7-8H3/b12-10-,25-9+,31-29+,33-30?. The first-order valence-electron chi connectivity index (χ1n) is 12.6. The van der Waals surface area contributed by atoms with Crippen LogP contribution in [0.25, 0.3) is 5.57 Å². The van der Waals surface area contributed by atoms with Crippen LogP contribution in [-0.4, -0.2) is 53.5 Å². The highest BCUT2D eigenvalue weighted by molar-refractivity contribution is 7.96. The normalized spacial score (nSPS) is 22.1. The molecule has 2 unspecified atom stereocenters. The Morgan fingerprint density at radius 3 is 2.42 bits per heavy atom. The van der Waals surface area contributed by atoms with Crippen LogP contribution in [0.15, 0.2) is 95.5 Å². The lowest BCUT2D eigenvalue weighted by Crippen LogP contribution is -2.54. The number of pyridine rings is 1. The van der Waals surface area contributed by atoms with E-state index in [4.69, 9.17) is 20.4 Å². The second kappa shape index (κ2) is 12.8. The van der Waals surface area contributed by atoms with Gasteiger partial charge in [0, 0.05) is 59.2 Å². The average molecular weight is 528 g/mol. The second-order valence-corrected chi connectivity index (χ2v) is 10.2. The first-order valence-corrected chi connectivity index (χ1v) is 13.8. The van der Waals surface area contributed by atoms with Gasteiger partial charge in [-0.15, -0.1) is 0 Å². The largest absolute Gasteiger partial charge is 0.495 e. The summed E-state index contributed by atoms with van der Waals surface area (Å²) in [7, 11) is 1.61. The lowest BCUT2D eigenvalue weighted by atomic mass is 9.84. The molecule has 1 aliphatic carbocycles. The van der Waals surface area contributed by atoms with Crippen molar-refractivity contribution in [1.29, 1.82) is 10.7 Å². The Bertz CT molecular complexity index is 1290. The topological polar surface area (TPSA) is 76.2 Å². The zero-order chi connectivity index (χ0) is 28.0. The predicted octanol–water partition coefficient (Wildman–Crippen LogP) is 6.66. The zero-order valence-corrected chi connectivity index (χ0v) is 24.0. The quantitative estimate of drug-likeness (QED) is 0.176. The van der Waals surface area contributed by atoms with E-state index in [1.54, 1.807) is 25.1 Å². The van der Waals surface area contributed by atoms with Crippen LogP contribution in [0.4, 0.5) is 5.82 Å². The molecule has 1 aliphatic heterocycles. The monoisotopic (exact) mass is 527 g/mol. The van der Waals surface area contributed by atoms with Gasteiger partial charge in [0.1, 0.15) is 11.6 Å². The van der Waals surface area contributed by atoms with Gasteiger partial charge in [-0.1, -0.05) is 49.4 Å². The summed E-state index contributed by atoms with van der Waals surface area (Å²) in [5.74, 6) is 1.49. The Hall–Kier alpha value is -3.60. The number of nitriles is 1. The van der Waals surface area contributed by atoms with Crippen molar-refractivity contribution in [3.05, 3.63) is 101 Å². The van der Waals surface area contributed by atoms with E-state index >= 15 is 0 Å². The van der Waals surface area contributed by atoms with Crippen molar-refractivity contribution < 1.29 is 4.74 Å². The maximum Gasteiger partial charge on any atom is 0.135 e. The molecule has 0 bridgehead atoms. The zero-order valence-electron chi connectivity index (χ0n) is 23.2. The summed E-state index contributed by atoms with van der Waals surface area (Å²) in [6.07, 6.45) is 13.2. The van der Waals surface area contributed by atoms with Crippen LogP contribution in [0.1, 0.15) is 33.3 Å². The SMILES string of the molecule is C=C(C#N)/C=C\C(=C/C)C1=CC=C(C)/C(=C(\OC)C(=C)c2ccc(N3CC(C)N(SC)C(C)C3)nc2)C1=N. The molecule has 0 spiro atoms. The van der Waals surface area contributed by atoms with Crippen LogP contribution >= 0.6 is 11.9 Å². The van der Waals surface area contributed by atoms with E-state index in [2.05, 4.69) is 42.5 Å². The molecule has 0 amide bonds. The van der Waals surface area contributed by atoms with Crippen LogP contribution in [0.3, 0.4) is 0 Å². The molecule has 1 aromatic heterocycles. The Morgan fingerprint density at radius 2 is 1.89 bits per heavy atom. The molecule has 2 atom stereocenters. The van der Waals surface area contributed by atoms with E-state index < -0.39 is 0 Å². The van der Waals surface area contributed by atoms with E-state index in [0.29, 0.717) is 40.3 Å². The summed E-state index contributed by atoms with van der Waals surface area (Å²) >= 11 is 1.80. The molecule has 1 fully saturated rings. The fraction of sp³-hybridized carbons (Fsp3) is 0.323. The summed E-state index contributed by atoms with van der Waals surface area (Å²) in [5, 5.41) is 18.1. The number of hydrogen-bond acceptors (Lipinski definition) is 7. The van der Waals surface area contributed by atoms with Gasteiger partial charge in [-0.05, 0) is 63.3 Å². The highest BCUT2D eigenvalue weighted by Gasteiger charge is 2.30. The predicted molar refractivity (Wildman–Crippen MR) is 161 cm³/mol. The number of rotatable bonds is 8. The molecule has 1 aromatic rings. The third-order valence-corrected chi connectivity index (χ3v) is 7.96. The fourth-order valence-corrected chi connectivity index (χ4v) is 5.78. The Balaban J connectivity index is 1.89. The lowest BCUT2D eigenvalue weighted by Gasteiger charge is -2.43. The lowest BCUT2D eigenvalue weighted by molar-refractivity contribution is 0.264. The van der Waals surface area contributed by atoms with Gasteiger partial charge in [-0.3, -0.25) is 5.41 Å². The first kappa shape index (κ1) is 29.0. The first-order chi connectivity index (χ1) is 18.2. The van der Waals surface area contributed by atoms with Crippen LogP contribution in [0.5, 0.6) is 0 Å². The second-order valence-electron chi connectivity index (χ2n) is 9.46. The number of ether oxygens (including phenoxy) is 1. The summed E-state index contributed by atoms with van der Waals surface area (Å²) in [4.78, 5) is 7.11. The minimum absolute atomic E-state index is 0.336. The molecule has 2 aliphatic rings. The van der Waals surface area contributed by atoms with Crippen LogP contribution in [0.2, 0.25) is 0 Å². The molecule has 3 rings (SSSR count). The molecule has 0 radical (unpaired) electrons. The summed E-state index contributed by atoms with van der Waals surface area (Å²) < 4.78 is 8.29. The minimum Gasteiger partial charge on any atom is -0.495 e. The van der Waals surface area contributed by atoms with E-state index in [1.165, 1.54) is 0 Å². The number of aromatic nitrogens is 1. The minimum atomic E-state index is 0.336. The average Bonchev–Trinajstić information content (AvgIpc) is 2.91. The van der Waals surface area contributed by atoms with Crippen LogP contribution < -0.4 is 4.90 Å². The van der Waals surface area contributed by atoms with Gasteiger partial charge >= 0.3 is 0 Å². The van der Waals surface area contributed by atoms with Crippen molar-refractivity contribution in [3.8, 4) is 6.07 Å². The highest BCUT2D eigenvalue weighted by Crippen LogP contribution is 2.34. The molecule has 1 N–H and O–H groups in total. The van der Waals surface area contributed by atoms with Gasteiger partial charge in [0.2, 0.25) is 0 Å². The number of nitrogens with zero attached hydrogens (tertiary/aromatic N) is 4. The molecule has 2 heterocycles. The van der Waals surface area contributed by atoms with Crippen LogP contribution in [0, 0.1) is 16.7 Å². The molecule has 0 saturated carbocycles. The molecule has 38 heavy (non-hydrogen) atoms. The molecular formula is C31H37N5OS. The van der Waals surface area contributed by atoms with Gasteiger partial charge in [0.05, 0.1) is 18.9 Å². The summed E-state index contributed by atoms with van der Waals surface area (Å²) in [6, 6.07) is 6.95. The molecule has 198 valence electrons. The number of anilines is 1. The smallest absolute Gasteiger partial charge is 0.135 e. The third kappa shape index (κ3) is 6.09. The molecular weight excluding hydrogens is 490 g/mol. The van der Waals surface area contributed by atoms with E-state index in [9.17, 15) is 0 Å². The van der Waals surface area contributed by atoms with E-state index in [-0.39, 0.29) is 0 Å². The summed E-state index contributed by atoms with van der Waals surface area (Å²) in [5.41, 5.74) is 5.36. The van der Waals surface area contributed by atoms with Gasteiger partial charge in [-0.25, -0.2) is 9.29 Å². The van der Waals surface area contributed by atoms with Gasteiger partial charge in [0.15, 0.2) is 0 Å². The van der Waals surface area contributed by atoms with Gasteiger partial charge < -0.3 is 9.64 Å². The van der Waals surface area contributed by atoms with Crippen molar-refractivity contribution in [2.45, 2.75) is 39.8 Å². The molecule has 0 aromatic carbocycles. The number of hydrogen-bond donors (Lipinski definition) is 1. The summed E-state index contributed by atoms with van der Waals surface area (Å²) in [6.45, 7) is 18.2. The van der Waals surface area contributed by atoms with Crippen molar-refractivity contribution in [1.82, 2.24) is 9.29 Å². The maximum atomic E-state index is 9.05. The van der Waals surface area contributed by atoms with Crippen molar-refractivity contribution in [3.63, 3.8) is 0 Å². The fourth-order valence-electron chi connectivity index (χ4n) is 4.92. The van der Waals surface area contributed by atoms with E-state index in [1.807, 2.05) is 62.6 Å². The highest BCUT2D eigenvalue weighted by atomic mass is 32.2. The molecule has 1 saturated heterocycles. The van der Waals surface area contributed by atoms with Gasteiger partial charge in [0.25, 0.3) is 0 Å². The Kier molecular flexibility index (Phi) is 9.73. The van der Waals surface area contributed by atoms with Crippen molar-refractivity contribution >= 4 is 29.1 Å². The van der Waals surface area contributed by atoms with E-state index in [0.717, 1.165) is 41.2 Å².